The summed E-state index contributed by atoms with van der Waals surface area (Å²) in [6.07, 6.45) is 6.49. The van der Waals surface area contributed by atoms with Crippen molar-refractivity contribution in [2.75, 3.05) is 23.5 Å². The largest absolute Gasteiger partial charge is 0.478 e. The summed E-state index contributed by atoms with van der Waals surface area (Å²) >= 11 is 0. The maximum absolute atomic E-state index is 8.79. The van der Waals surface area contributed by atoms with Crippen LogP contribution in [0.2, 0.25) is 0 Å². The van der Waals surface area contributed by atoms with Gasteiger partial charge in [0.2, 0.25) is 5.95 Å². The normalized spacial score (nSPS) is 10.8. The fourth-order valence-electron chi connectivity index (χ4n) is 3.25. The fourth-order valence-corrected chi connectivity index (χ4v) is 3.25. The summed E-state index contributed by atoms with van der Waals surface area (Å²) in [5.74, 6) is 2.40. The number of hydrogen-bond acceptors (Lipinski definition) is 11. The molecule has 170 valence electrons. The lowest BCUT2D eigenvalue weighted by atomic mass is 10.0. The molecule has 0 radical (unpaired) electrons. The van der Waals surface area contributed by atoms with E-state index < -0.39 is 0 Å². The topological polar surface area (TPSA) is 166 Å². The molecule has 5 N–H and O–H groups in total. The van der Waals surface area contributed by atoms with Crippen molar-refractivity contribution < 1.29 is 9.15 Å². The molecule has 0 atom stereocenters. The Labute approximate surface area is 189 Å². The molecule has 0 aliphatic carbocycles. The van der Waals surface area contributed by atoms with Crippen molar-refractivity contribution in [3.8, 4) is 5.88 Å². The third kappa shape index (κ3) is 4.31. The molecule has 33 heavy (non-hydrogen) atoms. The number of aryl methyl sites for hydroxylation is 4. The molecule has 12 heteroatoms. The van der Waals surface area contributed by atoms with Crippen molar-refractivity contribution in [1.29, 1.82) is 5.41 Å². The first-order valence-corrected chi connectivity index (χ1v) is 9.99. The van der Waals surface area contributed by atoms with E-state index >= 15 is 0 Å². The third-order valence-corrected chi connectivity index (χ3v) is 4.86. The number of hydrogen-bond donors (Lipinski definition) is 4. The van der Waals surface area contributed by atoms with Gasteiger partial charge >= 0.3 is 0 Å². The summed E-state index contributed by atoms with van der Waals surface area (Å²) in [6.45, 7) is 5.38. The Balaban J connectivity index is 1.65. The zero-order chi connectivity index (χ0) is 23.7. The molecular formula is C21H24N10O2. The lowest BCUT2D eigenvalue weighted by molar-refractivity contribution is 0.393. The molecule has 0 saturated heterocycles. The van der Waals surface area contributed by atoms with Gasteiger partial charge in [-0.15, -0.1) is 5.10 Å². The van der Waals surface area contributed by atoms with Gasteiger partial charge in [-0.05, 0) is 19.4 Å². The van der Waals surface area contributed by atoms with Crippen LogP contribution in [-0.4, -0.2) is 42.5 Å². The average molecular weight is 448 g/mol. The first-order chi connectivity index (χ1) is 15.8. The van der Waals surface area contributed by atoms with Gasteiger partial charge in [0.05, 0.1) is 42.3 Å². The predicted octanol–water partition coefficient (Wildman–Crippen LogP) is 3.01. The second-order valence-corrected chi connectivity index (χ2v) is 7.36. The number of nitrogens with one attached hydrogen (secondary N) is 3. The molecule has 0 amide bonds. The Bertz CT molecular complexity index is 1340. The van der Waals surface area contributed by atoms with E-state index in [-0.39, 0.29) is 5.71 Å². The first kappa shape index (κ1) is 21.7. The summed E-state index contributed by atoms with van der Waals surface area (Å²) in [5, 5.41) is 19.2. The fraction of sp³-hybridized carbons (Fsp3) is 0.238. The molecule has 0 aliphatic rings. The lowest BCUT2D eigenvalue weighted by Crippen LogP contribution is -2.13. The summed E-state index contributed by atoms with van der Waals surface area (Å²) in [6, 6.07) is 0. The zero-order valence-electron chi connectivity index (χ0n) is 18.9. The van der Waals surface area contributed by atoms with E-state index in [1.165, 1.54) is 13.3 Å². The number of methoxy groups -OCH3 is 1. The van der Waals surface area contributed by atoms with Crippen LogP contribution in [0.15, 0.2) is 29.2 Å². The Morgan fingerprint density at radius 2 is 1.91 bits per heavy atom. The van der Waals surface area contributed by atoms with Gasteiger partial charge in [-0.25, -0.2) is 9.97 Å². The Hall–Kier alpha value is -4.48. The predicted molar refractivity (Wildman–Crippen MR) is 124 cm³/mol. The molecule has 0 unspecified atom stereocenters. The smallest absolute Gasteiger partial charge is 0.256 e. The van der Waals surface area contributed by atoms with E-state index in [1.807, 2.05) is 6.92 Å². The summed E-state index contributed by atoms with van der Waals surface area (Å²) in [7, 11) is 3.31. The van der Waals surface area contributed by atoms with E-state index in [0.717, 1.165) is 0 Å². The molecule has 0 saturated carbocycles. The van der Waals surface area contributed by atoms with Crippen LogP contribution in [0.4, 0.5) is 28.8 Å². The van der Waals surface area contributed by atoms with Gasteiger partial charge in [0.1, 0.15) is 11.4 Å². The van der Waals surface area contributed by atoms with Gasteiger partial charge in [-0.3, -0.25) is 15.1 Å². The highest BCUT2D eigenvalue weighted by Crippen LogP contribution is 2.29. The zero-order valence-corrected chi connectivity index (χ0v) is 18.9. The maximum atomic E-state index is 8.79. The lowest BCUT2D eigenvalue weighted by Gasteiger charge is -2.14. The number of nitrogens with zero attached hydrogens (tertiary/aromatic N) is 6. The van der Waals surface area contributed by atoms with Crippen molar-refractivity contribution in [2.45, 2.75) is 20.8 Å². The van der Waals surface area contributed by atoms with Gasteiger partial charge in [-0.2, -0.15) is 4.98 Å². The Morgan fingerprint density at radius 3 is 2.61 bits per heavy atom. The minimum absolute atomic E-state index is 0.109. The number of ether oxygens (including phenoxy) is 1. The molecule has 0 spiro atoms. The minimum atomic E-state index is 0.109. The van der Waals surface area contributed by atoms with Crippen molar-refractivity contribution in [2.24, 2.45) is 7.05 Å². The second kappa shape index (κ2) is 8.57. The molecule has 0 bridgehead atoms. The standard InChI is InChI=1S/C21H24N10O2/c1-10-6-25-21(28-15-9-31(4)30-20(15)32-5)29-18(10)17(23)13-7-24-8-14(16(13)22)27-19-11(2)33-12(3)26-19/h6-9,23,27H,1-5H3,(H2,22,24)(H,25,28,29). The van der Waals surface area contributed by atoms with Gasteiger partial charge in [-0.1, -0.05) is 0 Å². The number of rotatable bonds is 7. The minimum Gasteiger partial charge on any atom is -0.478 e. The SMILES string of the molecule is COc1nn(C)cc1Nc1ncc(C)c(C(=N)c2cncc(Nc3nc(C)oc3C)c2N)n1. The van der Waals surface area contributed by atoms with Crippen molar-refractivity contribution >= 4 is 34.5 Å². The number of nitrogen functional groups attached to an aromatic ring is 1. The highest BCUT2D eigenvalue weighted by Gasteiger charge is 2.18. The number of aromatic nitrogens is 6. The quantitative estimate of drug-likeness (QED) is 0.309. The molecule has 4 aromatic heterocycles. The maximum Gasteiger partial charge on any atom is 0.256 e. The van der Waals surface area contributed by atoms with Crippen LogP contribution in [0.3, 0.4) is 0 Å². The van der Waals surface area contributed by atoms with Crippen LogP contribution in [0.25, 0.3) is 0 Å². The number of nitrogens with two attached hydrogens (primary N) is 1. The van der Waals surface area contributed by atoms with Crippen LogP contribution in [0.1, 0.15) is 28.5 Å². The van der Waals surface area contributed by atoms with Crippen molar-refractivity contribution in [1.82, 2.24) is 29.7 Å². The van der Waals surface area contributed by atoms with E-state index in [1.54, 1.807) is 44.2 Å². The highest BCUT2D eigenvalue weighted by molar-refractivity contribution is 6.14. The second-order valence-electron chi connectivity index (χ2n) is 7.36. The first-order valence-electron chi connectivity index (χ1n) is 9.99. The summed E-state index contributed by atoms with van der Waals surface area (Å²) < 4.78 is 12.3. The van der Waals surface area contributed by atoms with Crippen molar-refractivity contribution in [3.05, 3.63) is 53.3 Å². The van der Waals surface area contributed by atoms with E-state index in [2.05, 4.69) is 35.7 Å². The molecule has 12 nitrogen and oxygen atoms in total. The number of oxazole rings is 1. The summed E-state index contributed by atoms with van der Waals surface area (Å²) in [4.78, 5) is 17.4. The molecular weight excluding hydrogens is 424 g/mol. The molecule has 4 rings (SSSR count). The molecule has 0 aromatic carbocycles. The van der Waals surface area contributed by atoms with E-state index in [0.29, 0.717) is 63.2 Å². The van der Waals surface area contributed by atoms with Crippen LogP contribution < -0.4 is 21.1 Å². The Kier molecular flexibility index (Phi) is 5.65. The van der Waals surface area contributed by atoms with Gasteiger partial charge in [0.15, 0.2) is 11.7 Å². The monoisotopic (exact) mass is 448 g/mol. The van der Waals surface area contributed by atoms with Gasteiger partial charge in [0.25, 0.3) is 5.88 Å². The molecule has 0 fully saturated rings. The molecule has 4 aromatic rings. The van der Waals surface area contributed by atoms with Crippen LogP contribution in [0.5, 0.6) is 5.88 Å². The van der Waals surface area contributed by atoms with Crippen LogP contribution >= 0.6 is 0 Å². The molecule has 0 aliphatic heterocycles. The van der Waals surface area contributed by atoms with Crippen molar-refractivity contribution in [3.63, 3.8) is 0 Å². The number of anilines is 5. The summed E-state index contributed by atoms with van der Waals surface area (Å²) in [5.41, 5.74) is 9.50. The highest BCUT2D eigenvalue weighted by atomic mass is 16.5. The van der Waals surface area contributed by atoms with Crippen LogP contribution in [0, 0.1) is 26.2 Å². The Morgan fingerprint density at radius 1 is 1.12 bits per heavy atom. The van der Waals surface area contributed by atoms with Gasteiger partial charge in [0, 0.05) is 31.9 Å². The van der Waals surface area contributed by atoms with E-state index in [9.17, 15) is 0 Å². The van der Waals surface area contributed by atoms with Crippen LogP contribution in [-0.2, 0) is 7.05 Å². The molecule has 4 heterocycles. The third-order valence-electron chi connectivity index (χ3n) is 4.86. The van der Waals surface area contributed by atoms with E-state index in [4.69, 9.17) is 20.3 Å². The number of pyridine rings is 1. The average Bonchev–Trinajstić information content (AvgIpc) is 3.30. The van der Waals surface area contributed by atoms with Gasteiger partial charge < -0.3 is 25.5 Å².